The molecule has 0 aliphatic carbocycles. The van der Waals surface area contributed by atoms with E-state index in [4.69, 9.17) is 5.11 Å². The number of aryl methyl sites for hydroxylation is 1. The van der Waals surface area contributed by atoms with Crippen molar-refractivity contribution in [3.05, 3.63) is 17.5 Å². The minimum Gasteiger partial charge on any atom is -0.390 e. The second-order valence-corrected chi connectivity index (χ2v) is 3.89. The second-order valence-electron chi connectivity index (χ2n) is 3.89. The van der Waals surface area contributed by atoms with Crippen molar-refractivity contribution >= 4 is 0 Å². The quantitative estimate of drug-likeness (QED) is 0.717. The number of hydrogen-bond acceptors (Lipinski definition) is 3. The van der Waals surface area contributed by atoms with E-state index < -0.39 is 0 Å². The van der Waals surface area contributed by atoms with E-state index in [9.17, 15) is 0 Å². The lowest BCUT2D eigenvalue weighted by molar-refractivity contribution is 0.270. The minimum atomic E-state index is 0.0731. The molecule has 1 aliphatic heterocycles. The van der Waals surface area contributed by atoms with Crippen molar-refractivity contribution in [2.45, 2.75) is 25.4 Å². The Balaban J connectivity index is 2.14. The van der Waals surface area contributed by atoms with Crippen LogP contribution in [0.4, 0.5) is 0 Å². The van der Waals surface area contributed by atoms with E-state index in [1.807, 2.05) is 13.1 Å². The molecule has 0 bridgehead atoms. The van der Waals surface area contributed by atoms with Crippen molar-refractivity contribution in [3.63, 3.8) is 0 Å². The number of nitrogens with one attached hydrogen (secondary N) is 1. The molecule has 1 saturated heterocycles. The van der Waals surface area contributed by atoms with Gasteiger partial charge < -0.3 is 10.4 Å². The summed E-state index contributed by atoms with van der Waals surface area (Å²) in [6.07, 6.45) is 2.42. The first-order chi connectivity index (χ1) is 6.81. The summed E-state index contributed by atoms with van der Waals surface area (Å²) >= 11 is 0. The minimum absolute atomic E-state index is 0.0731. The van der Waals surface area contributed by atoms with Gasteiger partial charge in [0.15, 0.2) is 0 Å². The number of aromatic nitrogens is 2. The molecular formula is C10H17N3O. The number of aliphatic hydroxyl groups is 1. The number of rotatable bonds is 2. The summed E-state index contributed by atoms with van der Waals surface area (Å²) in [4.78, 5) is 0. The molecule has 0 aromatic carbocycles. The average Bonchev–Trinajstić information content (AvgIpc) is 2.61. The van der Waals surface area contributed by atoms with Crippen LogP contribution in [0.3, 0.4) is 0 Å². The van der Waals surface area contributed by atoms with Gasteiger partial charge in [-0.2, -0.15) is 5.10 Å². The largest absolute Gasteiger partial charge is 0.390 e. The topological polar surface area (TPSA) is 50.1 Å². The molecule has 0 unspecified atom stereocenters. The van der Waals surface area contributed by atoms with Crippen LogP contribution in [-0.4, -0.2) is 28.0 Å². The van der Waals surface area contributed by atoms with Crippen LogP contribution < -0.4 is 5.32 Å². The highest BCUT2D eigenvalue weighted by atomic mass is 16.3. The molecule has 1 aromatic rings. The van der Waals surface area contributed by atoms with Gasteiger partial charge in [-0.15, -0.1) is 0 Å². The van der Waals surface area contributed by atoms with Crippen LogP contribution in [0.2, 0.25) is 0 Å². The molecule has 78 valence electrons. The molecule has 14 heavy (non-hydrogen) atoms. The van der Waals surface area contributed by atoms with E-state index in [-0.39, 0.29) is 6.61 Å². The smallest absolute Gasteiger partial charge is 0.0849 e. The van der Waals surface area contributed by atoms with E-state index in [0.29, 0.717) is 5.92 Å². The van der Waals surface area contributed by atoms with Crippen LogP contribution in [0, 0.1) is 0 Å². The maximum atomic E-state index is 9.05. The third-order valence-electron chi connectivity index (χ3n) is 2.87. The van der Waals surface area contributed by atoms with E-state index in [2.05, 4.69) is 10.4 Å². The van der Waals surface area contributed by atoms with Gasteiger partial charge in [-0.05, 0) is 25.5 Å². The zero-order valence-electron chi connectivity index (χ0n) is 8.53. The summed E-state index contributed by atoms with van der Waals surface area (Å²) in [5.41, 5.74) is 2.01. The van der Waals surface area contributed by atoms with Crippen molar-refractivity contribution in [1.29, 1.82) is 0 Å². The number of nitrogens with zero attached hydrogens (tertiary/aromatic N) is 2. The molecule has 1 aromatic heterocycles. The van der Waals surface area contributed by atoms with Gasteiger partial charge in [0.25, 0.3) is 0 Å². The molecule has 0 radical (unpaired) electrons. The molecule has 4 heteroatoms. The first-order valence-electron chi connectivity index (χ1n) is 5.15. The fraction of sp³-hybridized carbons (Fsp3) is 0.700. The average molecular weight is 195 g/mol. The van der Waals surface area contributed by atoms with Crippen molar-refractivity contribution in [2.75, 3.05) is 13.1 Å². The Kier molecular flexibility index (Phi) is 2.84. The Morgan fingerprint density at radius 3 is 3.14 bits per heavy atom. The van der Waals surface area contributed by atoms with Crippen molar-refractivity contribution in [2.24, 2.45) is 7.05 Å². The molecule has 0 saturated carbocycles. The normalized spacial score (nSPS) is 22.6. The standard InChI is InChI=1S/C10H17N3O/c1-13-9(7-14)5-10(12-13)8-3-2-4-11-6-8/h5,8,11,14H,2-4,6-7H2,1H3/t8-/m0/s1. The highest BCUT2D eigenvalue weighted by Gasteiger charge is 2.18. The first kappa shape index (κ1) is 9.68. The second kappa shape index (κ2) is 4.11. The van der Waals surface area contributed by atoms with Crippen LogP contribution >= 0.6 is 0 Å². The molecule has 2 N–H and O–H groups in total. The Bertz CT molecular complexity index is 302. The first-order valence-corrected chi connectivity index (χ1v) is 5.15. The number of hydrogen-bond donors (Lipinski definition) is 2. The van der Waals surface area contributed by atoms with Crippen molar-refractivity contribution in [1.82, 2.24) is 15.1 Å². The molecule has 2 rings (SSSR count). The molecule has 1 atom stereocenters. The lowest BCUT2D eigenvalue weighted by Gasteiger charge is -2.20. The van der Waals surface area contributed by atoms with Gasteiger partial charge in [0.1, 0.15) is 0 Å². The van der Waals surface area contributed by atoms with E-state index in [1.54, 1.807) is 4.68 Å². The van der Waals surface area contributed by atoms with Gasteiger partial charge in [0, 0.05) is 19.5 Å². The summed E-state index contributed by atoms with van der Waals surface area (Å²) in [5, 5.41) is 16.8. The van der Waals surface area contributed by atoms with Gasteiger partial charge in [-0.25, -0.2) is 0 Å². The maximum absolute atomic E-state index is 9.05. The lowest BCUT2D eigenvalue weighted by Crippen LogP contribution is -2.28. The van der Waals surface area contributed by atoms with Gasteiger partial charge in [-0.1, -0.05) is 0 Å². The fourth-order valence-electron chi connectivity index (χ4n) is 1.98. The van der Waals surface area contributed by atoms with Crippen LogP contribution in [0.25, 0.3) is 0 Å². The number of aliphatic hydroxyl groups excluding tert-OH is 1. The Morgan fingerprint density at radius 1 is 1.71 bits per heavy atom. The summed E-state index contributed by atoms with van der Waals surface area (Å²) in [6, 6.07) is 2.01. The summed E-state index contributed by atoms with van der Waals surface area (Å²) < 4.78 is 1.77. The highest BCUT2D eigenvalue weighted by molar-refractivity contribution is 5.15. The Hall–Kier alpha value is -0.870. The molecule has 1 fully saturated rings. The molecule has 0 spiro atoms. The van der Waals surface area contributed by atoms with Crippen molar-refractivity contribution < 1.29 is 5.11 Å². The van der Waals surface area contributed by atoms with Crippen LogP contribution in [0.1, 0.15) is 30.1 Å². The van der Waals surface area contributed by atoms with Gasteiger partial charge >= 0.3 is 0 Å². The molecule has 4 nitrogen and oxygen atoms in total. The number of piperidine rings is 1. The van der Waals surface area contributed by atoms with E-state index in [1.165, 1.54) is 12.8 Å². The Labute approximate surface area is 83.9 Å². The zero-order valence-corrected chi connectivity index (χ0v) is 8.53. The van der Waals surface area contributed by atoms with Crippen LogP contribution in [-0.2, 0) is 13.7 Å². The third-order valence-corrected chi connectivity index (χ3v) is 2.87. The monoisotopic (exact) mass is 195 g/mol. The van der Waals surface area contributed by atoms with Crippen LogP contribution in [0.15, 0.2) is 6.07 Å². The van der Waals surface area contributed by atoms with Gasteiger partial charge in [0.2, 0.25) is 0 Å². The Morgan fingerprint density at radius 2 is 2.57 bits per heavy atom. The zero-order chi connectivity index (χ0) is 9.97. The maximum Gasteiger partial charge on any atom is 0.0849 e. The summed E-state index contributed by atoms with van der Waals surface area (Å²) in [5.74, 6) is 0.523. The van der Waals surface area contributed by atoms with E-state index >= 15 is 0 Å². The predicted molar refractivity (Wildman–Crippen MR) is 54.0 cm³/mol. The SMILES string of the molecule is Cn1nc([C@H]2CCCNC2)cc1CO. The summed E-state index contributed by atoms with van der Waals surface area (Å²) in [6.45, 7) is 2.21. The third kappa shape index (κ3) is 1.81. The van der Waals surface area contributed by atoms with Gasteiger partial charge in [-0.3, -0.25) is 4.68 Å². The van der Waals surface area contributed by atoms with E-state index in [0.717, 1.165) is 24.5 Å². The molecule has 0 amide bonds. The molecule has 2 heterocycles. The highest BCUT2D eigenvalue weighted by Crippen LogP contribution is 2.22. The molecular weight excluding hydrogens is 178 g/mol. The van der Waals surface area contributed by atoms with Gasteiger partial charge in [0.05, 0.1) is 18.0 Å². The fourth-order valence-corrected chi connectivity index (χ4v) is 1.98. The lowest BCUT2D eigenvalue weighted by atomic mass is 9.96. The van der Waals surface area contributed by atoms with Crippen LogP contribution in [0.5, 0.6) is 0 Å². The molecule has 1 aliphatic rings. The predicted octanol–water partition coefficient (Wildman–Crippen LogP) is 0.379. The summed E-state index contributed by atoms with van der Waals surface area (Å²) in [7, 11) is 1.88. The van der Waals surface area contributed by atoms with Crippen molar-refractivity contribution in [3.8, 4) is 0 Å².